The third kappa shape index (κ3) is 5.63. The highest BCUT2D eigenvalue weighted by Gasteiger charge is 2.08. The first-order valence-electron chi connectivity index (χ1n) is 10.1. The molecule has 4 rings (SSSR count). The van der Waals surface area contributed by atoms with Crippen molar-refractivity contribution in [2.24, 2.45) is 4.99 Å². The predicted octanol–water partition coefficient (Wildman–Crippen LogP) is 4.37. The van der Waals surface area contributed by atoms with Crippen LogP contribution in [0.1, 0.15) is 17.9 Å². The van der Waals surface area contributed by atoms with Crippen LogP contribution in [-0.2, 0) is 13.1 Å². The lowest BCUT2D eigenvalue weighted by Gasteiger charge is -2.12. The van der Waals surface area contributed by atoms with E-state index in [1.54, 1.807) is 7.05 Å². The van der Waals surface area contributed by atoms with Crippen molar-refractivity contribution in [1.29, 1.82) is 0 Å². The third-order valence-electron chi connectivity index (χ3n) is 4.97. The van der Waals surface area contributed by atoms with Crippen molar-refractivity contribution < 1.29 is 4.52 Å². The number of halogens is 1. The summed E-state index contributed by atoms with van der Waals surface area (Å²) in [4.78, 5) is 8.91. The first-order chi connectivity index (χ1) is 14.7. The summed E-state index contributed by atoms with van der Waals surface area (Å²) >= 11 is 0. The Labute approximate surface area is 199 Å². The minimum atomic E-state index is 0. The Morgan fingerprint density at radius 1 is 1.06 bits per heavy atom. The van der Waals surface area contributed by atoms with E-state index in [2.05, 4.69) is 55.5 Å². The van der Waals surface area contributed by atoms with Crippen LogP contribution in [0.3, 0.4) is 0 Å². The zero-order valence-corrected chi connectivity index (χ0v) is 20.0. The molecule has 2 heterocycles. The summed E-state index contributed by atoms with van der Waals surface area (Å²) in [5.41, 5.74) is 4.07. The lowest BCUT2D eigenvalue weighted by Crippen LogP contribution is -2.37. The van der Waals surface area contributed by atoms with Gasteiger partial charge < -0.3 is 19.7 Å². The van der Waals surface area contributed by atoms with Gasteiger partial charge in [-0.1, -0.05) is 47.6 Å². The number of benzene rings is 2. The van der Waals surface area contributed by atoms with Gasteiger partial charge in [0, 0.05) is 31.8 Å². The molecule has 0 unspecified atom stereocenters. The molecule has 2 N–H and O–H groups in total. The molecule has 0 atom stereocenters. The maximum absolute atomic E-state index is 5.44. The molecule has 7 nitrogen and oxygen atoms in total. The molecule has 0 aliphatic rings. The second-order valence-electron chi connectivity index (χ2n) is 7.05. The van der Waals surface area contributed by atoms with E-state index < -0.39 is 0 Å². The molecule has 0 saturated heterocycles. The summed E-state index contributed by atoms with van der Waals surface area (Å²) in [5, 5.41) is 10.8. The van der Waals surface area contributed by atoms with Gasteiger partial charge in [-0.05, 0) is 25.5 Å². The Morgan fingerprint density at radius 2 is 1.84 bits per heavy atom. The molecule has 0 bridgehead atoms. The SMILES string of the molecule is CN=C(NCCCn1c(C)nc2ccccc21)NCc1cc(-c2ccccc2)on1.I. The Kier molecular flexibility index (Phi) is 8.05. The number of hydrogen-bond donors (Lipinski definition) is 2. The van der Waals surface area contributed by atoms with Crippen molar-refractivity contribution in [2.45, 2.75) is 26.4 Å². The molecular weight excluding hydrogens is 503 g/mol. The number of rotatable bonds is 7. The number of hydrogen-bond acceptors (Lipinski definition) is 4. The lowest BCUT2D eigenvalue weighted by atomic mass is 10.2. The van der Waals surface area contributed by atoms with Crippen LogP contribution in [-0.4, -0.2) is 34.3 Å². The van der Waals surface area contributed by atoms with Crippen LogP contribution >= 0.6 is 24.0 Å². The van der Waals surface area contributed by atoms with Crippen LogP contribution in [0.5, 0.6) is 0 Å². The smallest absolute Gasteiger partial charge is 0.191 e. The van der Waals surface area contributed by atoms with Gasteiger partial charge in [0.2, 0.25) is 0 Å². The average Bonchev–Trinajstić information content (AvgIpc) is 3.38. The van der Waals surface area contributed by atoms with Crippen LogP contribution in [0, 0.1) is 6.92 Å². The van der Waals surface area contributed by atoms with Gasteiger partial charge in [-0.2, -0.15) is 0 Å². The fourth-order valence-corrected chi connectivity index (χ4v) is 3.45. The van der Waals surface area contributed by atoms with Crippen molar-refractivity contribution in [3.8, 4) is 11.3 Å². The number of nitrogens with one attached hydrogen (secondary N) is 2. The molecule has 2 aromatic heterocycles. The van der Waals surface area contributed by atoms with Gasteiger partial charge in [0.25, 0.3) is 0 Å². The summed E-state index contributed by atoms with van der Waals surface area (Å²) in [6.07, 6.45) is 0.962. The zero-order chi connectivity index (χ0) is 20.8. The minimum absolute atomic E-state index is 0. The topological polar surface area (TPSA) is 80.3 Å². The molecule has 0 amide bonds. The third-order valence-corrected chi connectivity index (χ3v) is 4.97. The van der Waals surface area contributed by atoms with E-state index in [1.165, 1.54) is 5.52 Å². The fourth-order valence-electron chi connectivity index (χ4n) is 3.45. The van der Waals surface area contributed by atoms with Crippen LogP contribution in [0.4, 0.5) is 0 Å². The summed E-state index contributed by atoms with van der Waals surface area (Å²) in [6, 6.07) is 20.1. The summed E-state index contributed by atoms with van der Waals surface area (Å²) in [6.45, 7) is 4.30. The lowest BCUT2D eigenvalue weighted by molar-refractivity contribution is 0.422. The van der Waals surface area contributed by atoms with Crippen LogP contribution in [0.2, 0.25) is 0 Å². The molecule has 4 aromatic rings. The van der Waals surface area contributed by atoms with Crippen LogP contribution in [0.25, 0.3) is 22.4 Å². The number of fused-ring (bicyclic) bond motifs is 1. The Morgan fingerprint density at radius 3 is 2.65 bits per heavy atom. The minimum Gasteiger partial charge on any atom is -0.356 e. The second kappa shape index (κ2) is 10.9. The maximum atomic E-state index is 5.44. The van der Waals surface area contributed by atoms with Gasteiger partial charge in [0.05, 0.1) is 17.6 Å². The predicted molar refractivity (Wildman–Crippen MR) is 135 cm³/mol. The second-order valence-corrected chi connectivity index (χ2v) is 7.05. The average molecular weight is 530 g/mol. The van der Waals surface area contributed by atoms with Gasteiger partial charge in [0.15, 0.2) is 11.7 Å². The highest BCUT2D eigenvalue weighted by molar-refractivity contribution is 14.0. The molecule has 0 saturated carbocycles. The first kappa shape index (κ1) is 22.8. The number of aromatic nitrogens is 3. The van der Waals surface area contributed by atoms with Crippen LogP contribution < -0.4 is 10.6 Å². The summed E-state index contributed by atoms with van der Waals surface area (Å²) in [5.74, 6) is 2.55. The molecule has 0 aliphatic carbocycles. The number of imidazole rings is 1. The van der Waals surface area contributed by atoms with E-state index >= 15 is 0 Å². The number of para-hydroxylation sites is 2. The highest BCUT2D eigenvalue weighted by atomic mass is 127. The van der Waals surface area contributed by atoms with Gasteiger partial charge in [-0.15, -0.1) is 24.0 Å². The molecule has 2 aromatic carbocycles. The van der Waals surface area contributed by atoms with Gasteiger partial charge >= 0.3 is 0 Å². The normalized spacial score (nSPS) is 11.4. The monoisotopic (exact) mass is 530 g/mol. The largest absolute Gasteiger partial charge is 0.356 e. The maximum Gasteiger partial charge on any atom is 0.191 e. The van der Waals surface area contributed by atoms with E-state index in [4.69, 9.17) is 4.52 Å². The van der Waals surface area contributed by atoms with Crippen molar-refractivity contribution in [1.82, 2.24) is 25.3 Å². The molecule has 31 heavy (non-hydrogen) atoms. The van der Waals surface area contributed by atoms with Crippen molar-refractivity contribution in [3.63, 3.8) is 0 Å². The van der Waals surface area contributed by atoms with Crippen LogP contribution in [0.15, 0.2) is 70.2 Å². The summed E-state index contributed by atoms with van der Waals surface area (Å²) in [7, 11) is 1.76. The Bertz CT molecular complexity index is 1140. The standard InChI is InChI=1S/C23H26N6O.HI/c1-17-27-20-11-6-7-12-21(20)29(17)14-8-13-25-23(24-2)26-16-19-15-22(30-28-19)18-9-4-3-5-10-18;/h3-7,9-12,15H,8,13-14,16H2,1-2H3,(H2,24,25,26);1H. The Hall–Kier alpha value is -2.88. The molecule has 0 fully saturated rings. The fraction of sp³-hybridized carbons (Fsp3) is 0.261. The van der Waals surface area contributed by atoms with E-state index in [9.17, 15) is 0 Å². The molecule has 8 heteroatoms. The van der Waals surface area contributed by atoms with E-state index in [0.29, 0.717) is 6.54 Å². The van der Waals surface area contributed by atoms with Gasteiger partial charge in [-0.25, -0.2) is 4.98 Å². The molecular formula is C23H27IN6O. The molecule has 0 radical (unpaired) electrons. The highest BCUT2D eigenvalue weighted by Crippen LogP contribution is 2.19. The number of aryl methyl sites for hydroxylation is 2. The van der Waals surface area contributed by atoms with Crippen molar-refractivity contribution >= 4 is 41.0 Å². The number of nitrogens with zero attached hydrogens (tertiary/aromatic N) is 4. The van der Waals surface area contributed by atoms with Crippen molar-refractivity contribution in [3.05, 3.63) is 72.2 Å². The molecule has 162 valence electrons. The van der Waals surface area contributed by atoms with Crippen molar-refractivity contribution in [2.75, 3.05) is 13.6 Å². The molecule has 0 aliphatic heterocycles. The quantitative estimate of drug-likeness (QED) is 0.161. The van der Waals surface area contributed by atoms with E-state index in [0.717, 1.165) is 53.8 Å². The number of guanidine groups is 1. The van der Waals surface area contributed by atoms with E-state index in [-0.39, 0.29) is 24.0 Å². The number of aliphatic imine (C=N–C) groups is 1. The first-order valence-corrected chi connectivity index (χ1v) is 10.1. The van der Waals surface area contributed by atoms with E-state index in [1.807, 2.05) is 42.5 Å². The van der Waals surface area contributed by atoms with Gasteiger partial charge in [-0.3, -0.25) is 4.99 Å². The molecule has 0 spiro atoms. The Balaban J connectivity index is 0.00000272. The zero-order valence-electron chi connectivity index (χ0n) is 17.7. The van der Waals surface area contributed by atoms with Gasteiger partial charge in [0.1, 0.15) is 11.5 Å². The summed E-state index contributed by atoms with van der Waals surface area (Å²) < 4.78 is 7.70.